The van der Waals surface area contributed by atoms with E-state index >= 15 is 0 Å². The molecule has 9 heteroatoms. The van der Waals surface area contributed by atoms with Gasteiger partial charge in [-0.15, -0.1) is 10.2 Å². The van der Waals surface area contributed by atoms with E-state index in [1.54, 1.807) is 24.5 Å². The normalized spacial score (nSPS) is 10.4. The first kappa shape index (κ1) is 15.7. The van der Waals surface area contributed by atoms with Crippen molar-refractivity contribution in [1.29, 1.82) is 0 Å². The number of hydrogen-bond acceptors (Lipinski definition) is 7. The lowest BCUT2D eigenvalue weighted by Crippen LogP contribution is -2.14. The number of rotatable bonds is 4. The van der Waals surface area contributed by atoms with Gasteiger partial charge in [-0.2, -0.15) is 0 Å². The van der Waals surface area contributed by atoms with Gasteiger partial charge < -0.3 is 0 Å². The van der Waals surface area contributed by atoms with Crippen molar-refractivity contribution in [3.63, 3.8) is 0 Å². The number of anilines is 1. The Labute approximate surface area is 140 Å². The molecule has 0 bridgehead atoms. The lowest BCUT2D eigenvalue weighted by atomic mass is 10.1. The minimum absolute atomic E-state index is 0.0996. The van der Waals surface area contributed by atoms with Crippen LogP contribution in [0.3, 0.4) is 0 Å². The third-order valence-electron chi connectivity index (χ3n) is 3.32. The number of carbonyl (C=O) groups excluding carboxylic acids is 1. The summed E-state index contributed by atoms with van der Waals surface area (Å²) in [7, 11) is 0. The molecule has 0 fully saturated rings. The maximum atomic E-state index is 12.4. The smallest absolute Gasteiger partial charge is 0.273 e. The van der Waals surface area contributed by atoms with E-state index in [0.717, 1.165) is 5.56 Å². The summed E-state index contributed by atoms with van der Waals surface area (Å²) < 4.78 is 0. The zero-order valence-corrected chi connectivity index (χ0v) is 13.3. The van der Waals surface area contributed by atoms with E-state index in [4.69, 9.17) is 0 Å². The first-order valence-electron chi connectivity index (χ1n) is 6.85. The largest absolute Gasteiger partial charge is 0.296 e. The first-order chi connectivity index (χ1) is 11.6. The number of carbonyl (C=O) groups is 1. The van der Waals surface area contributed by atoms with Gasteiger partial charge in [-0.1, -0.05) is 17.4 Å². The van der Waals surface area contributed by atoms with E-state index in [-0.39, 0.29) is 11.3 Å². The monoisotopic (exact) mass is 341 g/mol. The molecule has 0 saturated carbocycles. The molecule has 1 N–H and O–H groups in total. The molecule has 0 radical (unpaired) electrons. The fourth-order valence-corrected chi connectivity index (χ4v) is 2.86. The highest BCUT2D eigenvalue weighted by molar-refractivity contribution is 7.18. The molecule has 0 aliphatic carbocycles. The molecule has 120 valence electrons. The minimum atomic E-state index is -0.515. The van der Waals surface area contributed by atoms with E-state index < -0.39 is 10.8 Å². The molecule has 24 heavy (non-hydrogen) atoms. The molecule has 0 saturated heterocycles. The molecule has 1 aromatic carbocycles. The van der Waals surface area contributed by atoms with Crippen molar-refractivity contribution in [2.45, 2.75) is 6.92 Å². The number of pyridine rings is 1. The quantitative estimate of drug-likeness (QED) is 0.576. The van der Waals surface area contributed by atoms with E-state index in [1.165, 1.54) is 36.5 Å². The summed E-state index contributed by atoms with van der Waals surface area (Å²) in [5, 5.41) is 22.5. The fourth-order valence-electron chi connectivity index (χ4n) is 2.12. The molecule has 0 aliphatic rings. The second-order valence-electron chi connectivity index (χ2n) is 4.81. The summed E-state index contributed by atoms with van der Waals surface area (Å²) in [4.78, 5) is 26.7. The molecule has 3 aromatic rings. The van der Waals surface area contributed by atoms with Gasteiger partial charge >= 0.3 is 0 Å². The third kappa shape index (κ3) is 3.10. The number of nitrogens with zero attached hydrogens (tertiary/aromatic N) is 4. The van der Waals surface area contributed by atoms with Gasteiger partial charge in [0.25, 0.3) is 11.6 Å². The molecular weight excluding hydrogens is 330 g/mol. The van der Waals surface area contributed by atoms with Gasteiger partial charge in [-0.3, -0.25) is 25.2 Å². The van der Waals surface area contributed by atoms with Gasteiger partial charge in [0.05, 0.1) is 4.92 Å². The van der Waals surface area contributed by atoms with E-state index in [0.29, 0.717) is 15.7 Å². The van der Waals surface area contributed by atoms with Crippen LogP contribution in [0.15, 0.2) is 42.7 Å². The Hall–Kier alpha value is -3.20. The van der Waals surface area contributed by atoms with Crippen molar-refractivity contribution in [2.75, 3.05) is 5.32 Å². The van der Waals surface area contributed by atoms with Gasteiger partial charge in [0.15, 0.2) is 0 Å². The number of hydrogen-bond donors (Lipinski definition) is 1. The zero-order chi connectivity index (χ0) is 17.1. The van der Waals surface area contributed by atoms with Crippen molar-refractivity contribution in [1.82, 2.24) is 15.2 Å². The average molecular weight is 341 g/mol. The molecule has 2 heterocycles. The van der Waals surface area contributed by atoms with E-state index in [2.05, 4.69) is 20.5 Å². The molecular formula is C15H11N5O3S. The van der Waals surface area contributed by atoms with Gasteiger partial charge in [0.2, 0.25) is 5.13 Å². The SMILES string of the molecule is Cc1c(C(=O)Nc2nnc(-c3ccncc3)s2)cccc1[N+](=O)[O-]. The Morgan fingerprint density at radius 1 is 1.21 bits per heavy atom. The first-order valence-corrected chi connectivity index (χ1v) is 7.67. The number of nitrogens with one attached hydrogen (secondary N) is 1. The Kier molecular flexibility index (Phi) is 4.25. The Morgan fingerprint density at radius 2 is 1.96 bits per heavy atom. The fraction of sp³-hybridized carbons (Fsp3) is 0.0667. The topological polar surface area (TPSA) is 111 Å². The summed E-state index contributed by atoms with van der Waals surface area (Å²) in [5.74, 6) is -0.464. The number of aromatic nitrogens is 3. The predicted molar refractivity (Wildman–Crippen MR) is 88.9 cm³/mol. The zero-order valence-electron chi connectivity index (χ0n) is 12.5. The van der Waals surface area contributed by atoms with Crippen molar-refractivity contribution in [3.8, 4) is 10.6 Å². The Bertz CT molecular complexity index is 910. The summed E-state index contributed by atoms with van der Waals surface area (Å²) in [6.07, 6.45) is 3.28. The van der Waals surface area contributed by atoms with Gasteiger partial charge in [-0.25, -0.2) is 0 Å². The second kappa shape index (κ2) is 6.50. The maximum Gasteiger partial charge on any atom is 0.273 e. The molecule has 2 aromatic heterocycles. The van der Waals surface area contributed by atoms with E-state index in [1.807, 2.05) is 0 Å². The molecule has 0 unspecified atom stereocenters. The molecule has 0 atom stereocenters. The standard InChI is InChI=1S/C15H11N5O3S/c1-9-11(3-2-4-12(9)20(22)23)13(21)17-15-19-18-14(24-15)10-5-7-16-8-6-10/h2-8H,1H3,(H,17,19,21). The van der Waals surface area contributed by atoms with Crippen LogP contribution in [0.4, 0.5) is 10.8 Å². The molecule has 8 nitrogen and oxygen atoms in total. The summed E-state index contributed by atoms with van der Waals surface area (Å²) in [6, 6.07) is 7.94. The summed E-state index contributed by atoms with van der Waals surface area (Å²) in [6.45, 7) is 1.54. The molecule has 0 aliphatic heterocycles. The highest BCUT2D eigenvalue weighted by Gasteiger charge is 2.19. The number of amides is 1. The van der Waals surface area contributed by atoms with Gasteiger partial charge in [0, 0.05) is 35.2 Å². The lowest BCUT2D eigenvalue weighted by molar-refractivity contribution is -0.385. The van der Waals surface area contributed by atoms with Crippen LogP contribution in [-0.2, 0) is 0 Å². The van der Waals surface area contributed by atoms with Crippen LogP contribution in [0.1, 0.15) is 15.9 Å². The third-order valence-corrected chi connectivity index (χ3v) is 4.21. The average Bonchev–Trinajstić information content (AvgIpc) is 3.04. The van der Waals surface area contributed by atoms with Crippen LogP contribution >= 0.6 is 11.3 Å². The highest BCUT2D eigenvalue weighted by atomic mass is 32.1. The van der Waals surface area contributed by atoms with Crippen LogP contribution in [-0.4, -0.2) is 26.0 Å². The van der Waals surface area contributed by atoms with Gasteiger partial charge in [-0.05, 0) is 25.1 Å². The van der Waals surface area contributed by atoms with Crippen LogP contribution in [0.2, 0.25) is 0 Å². The van der Waals surface area contributed by atoms with Crippen molar-refractivity contribution in [2.24, 2.45) is 0 Å². The Balaban J connectivity index is 1.83. The van der Waals surface area contributed by atoms with Gasteiger partial charge in [0.1, 0.15) is 5.01 Å². The van der Waals surface area contributed by atoms with Crippen molar-refractivity contribution >= 4 is 28.1 Å². The van der Waals surface area contributed by atoms with Crippen LogP contribution < -0.4 is 5.32 Å². The maximum absolute atomic E-state index is 12.4. The summed E-state index contributed by atoms with van der Waals surface area (Å²) >= 11 is 1.21. The predicted octanol–water partition coefficient (Wildman–Crippen LogP) is 3.07. The second-order valence-corrected chi connectivity index (χ2v) is 5.79. The van der Waals surface area contributed by atoms with Crippen LogP contribution in [0.25, 0.3) is 10.6 Å². The number of nitro benzene ring substituents is 1. The molecule has 0 spiro atoms. The lowest BCUT2D eigenvalue weighted by Gasteiger charge is -2.05. The molecule has 1 amide bonds. The van der Waals surface area contributed by atoms with Crippen LogP contribution in [0.5, 0.6) is 0 Å². The van der Waals surface area contributed by atoms with Crippen LogP contribution in [0, 0.1) is 17.0 Å². The Morgan fingerprint density at radius 3 is 2.67 bits per heavy atom. The number of benzene rings is 1. The van der Waals surface area contributed by atoms with Crippen molar-refractivity contribution < 1.29 is 9.72 Å². The highest BCUT2D eigenvalue weighted by Crippen LogP contribution is 2.27. The molecule has 3 rings (SSSR count). The van der Waals surface area contributed by atoms with E-state index in [9.17, 15) is 14.9 Å². The van der Waals surface area contributed by atoms with Crippen molar-refractivity contribution in [3.05, 3.63) is 64.0 Å². The summed E-state index contributed by atoms with van der Waals surface area (Å²) in [5.41, 5.74) is 1.27. The minimum Gasteiger partial charge on any atom is -0.296 e. The number of nitro groups is 1.